The van der Waals surface area contributed by atoms with Gasteiger partial charge in [0, 0.05) is 30.7 Å². The van der Waals surface area contributed by atoms with Gasteiger partial charge in [0.2, 0.25) is 0 Å². The van der Waals surface area contributed by atoms with Crippen molar-refractivity contribution < 1.29 is 27.9 Å². The standard InChI is InChI=1S/C27H20Cl2F3N3O4/c1-13-11-17(27(30,31)32)21(25(37)35(13)2)15-9-8-14(23-16(15)5-4-10-33-23)12-20(26(38)39)34-24(36)22-18(28)6-3-7-19(22)29/h3-11,20H,12H2,1-2H3,(H,34,36)(H,38,39)/t20-/m0/s1. The first-order valence-electron chi connectivity index (χ1n) is 11.4. The molecular formula is C27H20Cl2F3N3O4. The number of halogens is 5. The normalized spacial score (nSPS) is 12.4. The molecule has 12 heteroatoms. The zero-order valence-corrected chi connectivity index (χ0v) is 21.9. The molecule has 0 unspecified atom stereocenters. The van der Waals surface area contributed by atoms with E-state index in [2.05, 4.69) is 10.3 Å². The van der Waals surface area contributed by atoms with Crippen molar-refractivity contribution in [3.05, 3.63) is 97.5 Å². The van der Waals surface area contributed by atoms with Crippen molar-refractivity contribution in [3.63, 3.8) is 0 Å². The molecule has 2 N–H and O–H groups in total. The highest BCUT2D eigenvalue weighted by Gasteiger charge is 2.36. The summed E-state index contributed by atoms with van der Waals surface area (Å²) < 4.78 is 43.1. The largest absolute Gasteiger partial charge is 0.480 e. The number of nitrogens with zero attached hydrogens (tertiary/aromatic N) is 2. The van der Waals surface area contributed by atoms with Crippen LogP contribution in [0.3, 0.4) is 0 Å². The predicted octanol–water partition coefficient (Wildman–Crippen LogP) is 5.66. The maximum atomic E-state index is 14.0. The van der Waals surface area contributed by atoms with E-state index in [1.54, 1.807) is 0 Å². The Labute approximate surface area is 229 Å². The molecule has 1 atom stereocenters. The quantitative estimate of drug-likeness (QED) is 0.308. The molecule has 0 radical (unpaired) electrons. The summed E-state index contributed by atoms with van der Waals surface area (Å²) in [5.74, 6) is -2.18. The number of carbonyl (C=O) groups is 2. The molecule has 7 nitrogen and oxygen atoms in total. The van der Waals surface area contributed by atoms with E-state index in [-0.39, 0.29) is 44.2 Å². The molecule has 2 aromatic carbocycles. The van der Waals surface area contributed by atoms with Crippen LogP contribution >= 0.6 is 23.2 Å². The van der Waals surface area contributed by atoms with Gasteiger partial charge in [-0.3, -0.25) is 14.6 Å². The van der Waals surface area contributed by atoms with Crippen LogP contribution in [-0.2, 0) is 24.4 Å². The number of rotatable bonds is 6. The van der Waals surface area contributed by atoms with Crippen LogP contribution < -0.4 is 10.9 Å². The highest BCUT2D eigenvalue weighted by Crippen LogP contribution is 2.38. The fraction of sp³-hybridized carbons (Fsp3) is 0.185. The maximum Gasteiger partial charge on any atom is 0.417 e. The summed E-state index contributed by atoms with van der Waals surface area (Å²) in [6, 6.07) is 9.55. The summed E-state index contributed by atoms with van der Waals surface area (Å²) in [5, 5.41) is 12.5. The third-order valence-corrected chi connectivity index (χ3v) is 6.95. The molecule has 2 heterocycles. The van der Waals surface area contributed by atoms with Crippen LogP contribution in [0.5, 0.6) is 0 Å². The van der Waals surface area contributed by atoms with Crippen LogP contribution in [0.1, 0.15) is 27.2 Å². The van der Waals surface area contributed by atoms with Crippen LogP contribution in [0.2, 0.25) is 10.0 Å². The van der Waals surface area contributed by atoms with E-state index in [0.29, 0.717) is 5.56 Å². The Morgan fingerprint density at radius 2 is 1.77 bits per heavy atom. The predicted molar refractivity (Wildman–Crippen MR) is 141 cm³/mol. The van der Waals surface area contributed by atoms with Crippen LogP contribution in [-0.4, -0.2) is 32.6 Å². The summed E-state index contributed by atoms with van der Waals surface area (Å²) in [4.78, 5) is 42.2. The third-order valence-electron chi connectivity index (χ3n) is 6.32. The molecule has 1 amide bonds. The van der Waals surface area contributed by atoms with Gasteiger partial charge in [-0.15, -0.1) is 0 Å². The number of benzene rings is 2. The summed E-state index contributed by atoms with van der Waals surface area (Å²) in [6.45, 7) is 1.40. The smallest absolute Gasteiger partial charge is 0.417 e. The van der Waals surface area contributed by atoms with Crippen LogP contribution in [0.15, 0.2) is 59.5 Å². The van der Waals surface area contributed by atoms with Crippen molar-refractivity contribution in [1.82, 2.24) is 14.9 Å². The minimum atomic E-state index is -4.81. The molecule has 4 aromatic rings. The van der Waals surface area contributed by atoms with Crippen molar-refractivity contribution in [2.75, 3.05) is 0 Å². The number of carbonyl (C=O) groups excluding carboxylic acids is 1. The van der Waals surface area contributed by atoms with E-state index in [9.17, 15) is 32.7 Å². The topological polar surface area (TPSA) is 101 Å². The Hall–Kier alpha value is -3.89. The Morgan fingerprint density at radius 1 is 1.10 bits per heavy atom. The lowest BCUT2D eigenvalue weighted by Gasteiger charge is -2.19. The van der Waals surface area contributed by atoms with Crippen molar-refractivity contribution in [2.45, 2.75) is 25.6 Å². The Kier molecular flexibility index (Phi) is 7.72. The van der Waals surface area contributed by atoms with E-state index < -0.39 is 40.8 Å². The van der Waals surface area contributed by atoms with E-state index in [1.165, 1.54) is 62.6 Å². The second-order valence-corrected chi connectivity index (χ2v) is 9.59. The molecule has 2 aromatic heterocycles. The van der Waals surface area contributed by atoms with Crippen molar-refractivity contribution in [3.8, 4) is 11.1 Å². The number of nitrogens with one attached hydrogen (secondary N) is 1. The number of fused-ring (bicyclic) bond motifs is 1. The molecule has 4 rings (SSSR count). The molecule has 0 saturated heterocycles. The highest BCUT2D eigenvalue weighted by molar-refractivity contribution is 6.39. The number of amides is 1. The number of aromatic nitrogens is 2. The van der Waals surface area contributed by atoms with Gasteiger partial charge in [-0.05, 0) is 42.3 Å². The van der Waals surface area contributed by atoms with E-state index in [4.69, 9.17) is 23.2 Å². The molecular weight excluding hydrogens is 558 g/mol. The van der Waals surface area contributed by atoms with Gasteiger partial charge in [-0.25, -0.2) is 4.79 Å². The first-order valence-corrected chi connectivity index (χ1v) is 12.2. The number of carboxylic acid groups (broad SMARTS) is 1. The minimum absolute atomic E-state index is 0.00599. The summed E-state index contributed by atoms with van der Waals surface area (Å²) in [5.41, 5.74) is -1.94. The molecule has 0 aliphatic rings. The van der Waals surface area contributed by atoms with Gasteiger partial charge in [-0.1, -0.05) is 47.5 Å². The number of pyridine rings is 2. The van der Waals surface area contributed by atoms with Crippen molar-refractivity contribution >= 4 is 46.0 Å². The number of alkyl halides is 3. The lowest BCUT2D eigenvalue weighted by Crippen LogP contribution is -2.42. The Bertz CT molecular complexity index is 1670. The summed E-state index contributed by atoms with van der Waals surface area (Å²) >= 11 is 12.1. The first kappa shape index (κ1) is 28.1. The number of hydrogen-bond acceptors (Lipinski definition) is 4. The molecule has 0 bridgehead atoms. The molecule has 0 aliphatic heterocycles. The molecule has 0 aliphatic carbocycles. The van der Waals surface area contributed by atoms with Crippen LogP contribution in [0, 0.1) is 6.92 Å². The van der Waals surface area contributed by atoms with Gasteiger partial charge in [0.05, 0.1) is 32.3 Å². The molecule has 0 saturated carbocycles. The number of aliphatic carboxylic acids is 1. The Morgan fingerprint density at radius 3 is 2.38 bits per heavy atom. The molecule has 0 spiro atoms. The minimum Gasteiger partial charge on any atom is -0.480 e. The average Bonchev–Trinajstić information content (AvgIpc) is 2.86. The maximum absolute atomic E-state index is 14.0. The monoisotopic (exact) mass is 577 g/mol. The average molecular weight is 578 g/mol. The zero-order chi connectivity index (χ0) is 28.6. The van der Waals surface area contributed by atoms with Crippen molar-refractivity contribution in [1.29, 1.82) is 0 Å². The van der Waals surface area contributed by atoms with Gasteiger partial charge < -0.3 is 15.0 Å². The van der Waals surface area contributed by atoms with Crippen LogP contribution in [0.25, 0.3) is 22.0 Å². The zero-order valence-electron chi connectivity index (χ0n) is 20.4. The molecule has 202 valence electrons. The molecule has 39 heavy (non-hydrogen) atoms. The van der Waals surface area contributed by atoms with Gasteiger partial charge in [0.25, 0.3) is 11.5 Å². The number of hydrogen-bond donors (Lipinski definition) is 2. The van der Waals surface area contributed by atoms with Gasteiger partial charge in [0.1, 0.15) is 6.04 Å². The lowest BCUT2D eigenvalue weighted by atomic mass is 9.93. The van der Waals surface area contributed by atoms with Gasteiger partial charge >= 0.3 is 12.1 Å². The van der Waals surface area contributed by atoms with E-state index in [0.717, 1.165) is 10.6 Å². The fourth-order valence-corrected chi connectivity index (χ4v) is 4.85. The SMILES string of the molecule is Cc1cc(C(F)(F)F)c(-c2ccc(C[C@H](NC(=O)c3c(Cl)cccc3Cl)C(=O)O)c3ncccc23)c(=O)n1C. The second kappa shape index (κ2) is 10.7. The third kappa shape index (κ3) is 5.48. The van der Waals surface area contributed by atoms with E-state index in [1.807, 2.05) is 0 Å². The fourth-order valence-electron chi connectivity index (χ4n) is 4.28. The lowest BCUT2D eigenvalue weighted by molar-refractivity contribution is -0.139. The summed E-state index contributed by atoms with van der Waals surface area (Å²) in [7, 11) is 1.38. The molecule has 0 fully saturated rings. The highest BCUT2D eigenvalue weighted by atomic mass is 35.5. The second-order valence-electron chi connectivity index (χ2n) is 8.77. The number of aryl methyl sites for hydroxylation is 1. The van der Waals surface area contributed by atoms with Crippen molar-refractivity contribution in [2.24, 2.45) is 7.05 Å². The summed E-state index contributed by atoms with van der Waals surface area (Å²) in [6.07, 6.45) is -3.68. The number of carboxylic acids is 1. The van der Waals surface area contributed by atoms with Gasteiger partial charge in [0.15, 0.2) is 0 Å². The van der Waals surface area contributed by atoms with Gasteiger partial charge in [-0.2, -0.15) is 13.2 Å². The van der Waals surface area contributed by atoms with E-state index >= 15 is 0 Å². The Balaban J connectivity index is 1.82. The van der Waals surface area contributed by atoms with Crippen LogP contribution in [0.4, 0.5) is 13.2 Å². The first-order chi connectivity index (χ1) is 18.3.